The van der Waals surface area contributed by atoms with Crippen LogP contribution in [0.25, 0.3) is 0 Å². The molecule has 11 nitrogen and oxygen atoms in total. The quantitative estimate of drug-likeness (QED) is 0.254. The van der Waals surface area contributed by atoms with Crippen LogP contribution in [0.2, 0.25) is 0 Å². The van der Waals surface area contributed by atoms with Crippen molar-refractivity contribution in [3.8, 4) is 0 Å². The first kappa shape index (κ1) is 25.0. The van der Waals surface area contributed by atoms with E-state index in [1.54, 1.807) is 18.9 Å². The third-order valence-corrected chi connectivity index (χ3v) is 8.79. The van der Waals surface area contributed by atoms with E-state index in [9.17, 15) is 24.3 Å². The number of hydrogen-bond acceptors (Lipinski definition) is 8. The van der Waals surface area contributed by atoms with Crippen LogP contribution in [0, 0.1) is 11.8 Å². The van der Waals surface area contributed by atoms with E-state index >= 15 is 0 Å². The summed E-state index contributed by atoms with van der Waals surface area (Å²) in [5.74, 6) is -2.20. The molecule has 188 valence electrons. The summed E-state index contributed by atoms with van der Waals surface area (Å²) in [6, 6.07) is -0.983. The van der Waals surface area contributed by atoms with Crippen molar-refractivity contribution in [2.45, 2.75) is 56.1 Å². The molecule has 3 saturated heterocycles. The lowest BCUT2D eigenvalue weighted by Gasteiger charge is -2.47. The summed E-state index contributed by atoms with van der Waals surface area (Å²) in [5.41, 5.74) is 5.97. The van der Waals surface area contributed by atoms with Gasteiger partial charge in [0.25, 0.3) is 0 Å². The van der Waals surface area contributed by atoms with Gasteiger partial charge in [-0.15, -0.1) is 11.8 Å². The number of nitrogens with zero attached hydrogens (tertiary/aromatic N) is 2. The number of nitrogens with one attached hydrogen (secondary N) is 3. The first-order valence-electron chi connectivity index (χ1n) is 11.8. The van der Waals surface area contributed by atoms with E-state index in [1.807, 2.05) is 6.92 Å². The molecule has 6 N–H and O–H groups in total. The van der Waals surface area contributed by atoms with Crippen molar-refractivity contribution in [3.63, 3.8) is 0 Å². The molecule has 0 aromatic heterocycles. The van der Waals surface area contributed by atoms with Gasteiger partial charge in [-0.1, -0.05) is 6.92 Å². The van der Waals surface area contributed by atoms with Gasteiger partial charge in [0, 0.05) is 47.8 Å². The van der Waals surface area contributed by atoms with Crippen molar-refractivity contribution < 1.29 is 24.3 Å². The molecule has 0 aromatic rings. The molecule has 4 aliphatic rings. The van der Waals surface area contributed by atoms with Gasteiger partial charge in [-0.05, 0) is 26.8 Å². The van der Waals surface area contributed by atoms with Crippen LogP contribution in [0.15, 0.2) is 10.6 Å². The van der Waals surface area contributed by atoms with Crippen molar-refractivity contribution in [1.82, 2.24) is 25.8 Å². The summed E-state index contributed by atoms with van der Waals surface area (Å²) in [7, 11) is 1.67. The van der Waals surface area contributed by atoms with Gasteiger partial charge in [0.05, 0.1) is 24.5 Å². The molecule has 0 radical (unpaired) electrons. The Bertz CT molecular complexity index is 912. The Morgan fingerprint density at radius 2 is 2.09 bits per heavy atom. The minimum atomic E-state index is -1.12. The molecule has 34 heavy (non-hydrogen) atoms. The van der Waals surface area contributed by atoms with Crippen LogP contribution in [-0.2, 0) is 19.2 Å². The van der Waals surface area contributed by atoms with E-state index in [0.29, 0.717) is 31.0 Å². The molecule has 0 spiro atoms. The largest absolute Gasteiger partial charge is 0.477 e. The smallest absolute Gasteiger partial charge is 0.353 e. The standard InChI is InChI=1S/C22H34N6O5S/c1-10-17-16(11(2)26-15(29)8-24-3)21(31)28(17)18(22(32)33)19(10)34-13-6-14(25-7-13)20(30)27-5-4-12(23)9-27/h10-14,16-17,24-25H,4-9,23H2,1-3H3,(H,26,29)(H,32,33)/t10-,11+,12-,13-,14+,16-,17-/m1/s1. The number of nitrogens with two attached hydrogens (primary N) is 1. The summed E-state index contributed by atoms with van der Waals surface area (Å²) < 4.78 is 0. The summed E-state index contributed by atoms with van der Waals surface area (Å²) in [5, 5.41) is 18.9. The summed E-state index contributed by atoms with van der Waals surface area (Å²) >= 11 is 1.46. The van der Waals surface area contributed by atoms with Gasteiger partial charge >= 0.3 is 5.97 Å². The van der Waals surface area contributed by atoms with Crippen LogP contribution < -0.4 is 21.7 Å². The number of aliphatic carboxylic acids is 1. The van der Waals surface area contributed by atoms with Gasteiger partial charge in [-0.2, -0.15) is 0 Å². The fraction of sp³-hybridized carbons (Fsp3) is 0.727. The van der Waals surface area contributed by atoms with E-state index in [4.69, 9.17) is 5.73 Å². The third kappa shape index (κ3) is 4.43. The van der Waals surface area contributed by atoms with Gasteiger partial charge in [0.15, 0.2) is 0 Å². The van der Waals surface area contributed by atoms with Gasteiger partial charge in [-0.3, -0.25) is 14.4 Å². The highest BCUT2D eigenvalue weighted by Crippen LogP contribution is 2.51. The van der Waals surface area contributed by atoms with Crippen molar-refractivity contribution in [1.29, 1.82) is 0 Å². The number of carbonyl (C=O) groups is 4. The minimum Gasteiger partial charge on any atom is -0.477 e. The Labute approximate surface area is 203 Å². The number of β-lactam (4-membered cyclic amide) rings is 1. The van der Waals surface area contributed by atoms with Gasteiger partial charge in [-0.25, -0.2) is 4.79 Å². The number of hydrogen-bond donors (Lipinski definition) is 5. The molecule has 0 unspecified atom stereocenters. The average molecular weight is 495 g/mol. The number of carboxylic acid groups (broad SMARTS) is 1. The van der Waals surface area contributed by atoms with E-state index in [0.717, 1.165) is 6.42 Å². The molecule has 0 aliphatic carbocycles. The number of likely N-dealkylation sites (tertiary alicyclic amines) is 1. The maximum atomic E-state index is 13.0. The van der Waals surface area contributed by atoms with Crippen LogP contribution in [-0.4, -0.2) is 101 Å². The first-order chi connectivity index (χ1) is 16.1. The Kier molecular flexibility index (Phi) is 7.22. The molecule has 4 rings (SSSR count). The topological polar surface area (TPSA) is 157 Å². The van der Waals surface area contributed by atoms with Crippen molar-refractivity contribution in [2.24, 2.45) is 17.6 Å². The fourth-order valence-corrected chi connectivity index (χ4v) is 7.10. The number of thioether (sulfide) groups is 1. The molecule has 4 heterocycles. The predicted molar refractivity (Wildman–Crippen MR) is 126 cm³/mol. The molecular weight excluding hydrogens is 460 g/mol. The molecule has 3 amide bonds. The third-order valence-electron chi connectivity index (χ3n) is 7.27. The molecule has 0 saturated carbocycles. The molecule has 0 bridgehead atoms. The van der Waals surface area contributed by atoms with Gasteiger partial charge in [0.1, 0.15) is 5.70 Å². The second kappa shape index (κ2) is 9.84. The van der Waals surface area contributed by atoms with E-state index < -0.39 is 17.9 Å². The zero-order valence-electron chi connectivity index (χ0n) is 19.7. The Morgan fingerprint density at radius 1 is 1.35 bits per heavy atom. The molecule has 3 fully saturated rings. The lowest BCUT2D eigenvalue weighted by molar-refractivity contribution is -0.158. The molecule has 0 aromatic carbocycles. The van der Waals surface area contributed by atoms with Crippen LogP contribution in [0.4, 0.5) is 0 Å². The lowest BCUT2D eigenvalue weighted by Crippen LogP contribution is -2.66. The Hall–Kier alpha value is -2.15. The highest BCUT2D eigenvalue weighted by atomic mass is 32.2. The first-order valence-corrected chi connectivity index (χ1v) is 12.7. The maximum absolute atomic E-state index is 13.0. The second-order valence-electron chi connectivity index (χ2n) is 9.69. The van der Waals surface area contributed by atoms with Crippen LogP contribution >= 0.6 is 11.8 Å². The number of carbonyl (C=O) groups excluding carboxylic acids is 3. The molecule has 7 atom stereocenters. The number of likely N-dealkylation sites (N-methyl/N-ethyl adjacent to an activating group) is 1. The minimum absolute atomic E-state index is 0.0250. The van der Waals surface area contributed by atoms with Gasteiger partial charge < -0.3 is 36.6 Å². The highest BCUT2D eigenvalue weighted by molar-refractivity contribution is 8.03. The van der Waals surface area contributed by atoms with Crippen molar-refractivity contribution in [2.75, 3.05) is 33.2 Å². The normalized spacial score (nSPS) is 33.7. The fourth-order valence-electron chi connectivity index (χ4n) is 5.62. The van der Waals surface area contributed by atoms with Crippen molar-refractivity contribution >= 4 is 35.5 Å². The Balaban J connectivity index is 1.43. The van der Waals surface area contributed by atoms with Crippen LogP contribution in [0.5, 0.6) is 0 Å². The number of carboxylic acids is 1. The predicted octanol–water partition coefficient (Wildman–Crippen LogP) is -1.49. The maximum Gasteiger partial charge on any atom is 0.353 e. The van der Waals surface area contributed by atoms with E-state index in [2.05, 4.69) is 16.0 Å². The number of fused-ring (bicyclic) bond motifs is 1. The number of rotatable bonds is 8. The van der Waals surface area contributed by atoms with Gasteiger partial charge in [0.2, 0.25) is 17.7 Å². The van der Waals surface area contributed by atoms with E-state index in [-0.39, 0.29) is 59.3 Å². The summed E-state index contributed by atoms with van der Waals surface area (Å²) in [4.78, 5) is 53.8. The highest BCUT2D eigenvalue weighted by Gasteiger charge is 2.60. The average Bonchev–Trinajstić information content (AvgIpc) is 3.46. The SMILES string of the molecule is CNCC(=O)N[C@@H](C)[C@H]1C(=O)N2C(C(=O)O)=C(S[C@H]3CN[C@H](C(=O)N4CC[C@@H](N)C4)C3)[C@H](C)[C@H]12. The van der Waals surface area contributed by atoms with E-state index in [1.165, 1.54) is 16.7 Å². The second-order valence-corrected chi connectivity index (χ2v) is 11.0. The monoisotopic (exact) mass is 494 g/mol. The molecule has 4 aliphatic heterocycles. The lowest BCUT2D eigenvalue weighted by atomic mass is 9.78. The van der Waals surface area contributed by atoms with Crippen LogP contribution in [0.3, 0.4) is 0 Å². The molecular formula is C22H34N6O5S. The number of amides is 3. The van der Waals surface area contributed by atoms with Crippen molar-refractivity contribution in [3.05, 3.63) is 10.6 Å². The summed E-state index contributed by atoms with van der Waals surface area (Å²) in [6.45, 7) is 5.70. The Morgan fingerprint density at radius 3 is 2.71 bits per heavy atom. The zero-order valence-corrected chi connectivity index (χ0v) is 20.6. The zero-order chi connectivity index (χ0) is 24.7. The van der Waals surface area contributed by atoms with Crippen LogP contribution in [0.1, 0.15) is 26.7 Å². The summed E-state index contributed by atoms with van der Waals surface area (Å²) in [6.07, 6.45) is 1.40. The molecule has 12 heteroatoms.